The highest BCUT2D eigenvalue weighted by Crippen LogP contribution is 2.39. The van der Waals surface area contributed by atoms with Crippen molar-refractivity contribution in [2.45, 2.75) is 81.4 Å². The highest BCUT2D eigenvalue weighted by molar-refractivity contribution is 6.76. The highest BCUT2D eigenvalue weighted by atomic mass is 35.6. The second-order valence-electron chi connectivity index (χ2n) is 9.19. The molecule has 5 unspecified atom stereocenters. The third kappa shape index (κ3) is 8.46. The maximum Gasteiger partial charge on any atom is 0.335 e. The summed E-state index contributed by atoms with van der Waals surface area (Å²) in [5, 5.41) is 11.6. The van der Waals surface area contributed by atoms with Gasteiger partial charge in [0.05, 0.1) is 13.2 Å². The molecular formula is C22H31Cl3N4O10. The van der Waals surface area contributed by atoms with Crippen molar-refractivity contribution in [2.24, 2.45) is 22.9 Å². The van der Waals surface area contributed by atoms with Gasteiger partial charge in [0.15, 0.2) is 18.5 Å². The van der Waals surface area contributed by atoms with E-state index < -0.39 is 88.4 Å². The molecule has 2 rings (SSSR count). The number of azide groups is 1. The first-order valence-corrected chi connectivity index (χ1v) is 13.0. The van der Waals surface area contributed by atoms with E-state index in [1.54, 1.807) is 20.8 Å². The molecule has 10 atom stereocenters. The normalized spacial score (nSPS) is 34.7. The van der Waals surface area contributed by atoms with Crippen molar-refractivity contribution in [2.75, 3.05) is 13.7 Å². The molecule has 1 N–H and O–H groups in total. The van der Waals surface area contributed by atoms with E-state index in [1.165, 1.54) is 21.0 Å². The number of nitrogens with one attached hydrogen (secondary N) is 1. The molecule has 0 amide bonds. The van der Waals surface area contributed by atoms with Crippen LogP contribution in [-0.2, 0) is 47.5 Å². The zero-order valence-corrected chi connectivity index (χ0v) is 24.3. The van der Waals surface area contributed by atoms with E-state index in [4.69, 9.17) is 73.4 Å². The molecule has 0 saturated carbocycles. The Bertz CT molecular complexity index is 976. The molecule has 17 heteroatoms. The first-order valence-electron chi connectivity index (χ1n) is 11.8. The van der Waals surface area contributed by atoms with Crippen molar-refractivity contribution in [3.05, 3.63) is 10.4 Å². The van der Waals surface area contributed by atoms with Gasteiger partial charge < -0.3 is 33.2 Å². The lowest BCUT2D eigenvalue weighted by Crippen LogP contribution is -2.61. The fraction of sp³-hybridized carbons (Fsp3) is 0.818. The number of hydrogen-bond donors (Lipinski definition) is 1. The van der Waals surface area contributed by atoms with Gasteiger partial charge in [-0.25, -0.2) is 4.79 Å². The highest BCUT2D eigenvalue weighted by Gasteiger charge is 2.52. The maximum absolute atomic E-state index is 12.4. The Hall–Kier alpha value is -2.06. The molecule has 0 aromatic rings. The van der Waals surface area contributed by atoms with Crippen LogP contribution in [0, 0.1) is 23.2 Å². The average molecular weight is 618 g/mol. The smallest absolute Gasteiger partial charge is 0.335 e. The van der Waals surface area contributed by atoms with Gasteiger partial charge in [-0.3, -0.25) is 15.0 Å². The van der Waals surface area contributed by atoms with Crippen LogP contribution >= 0.6 is 34.8 Å². The van der Waals surface area contributed by atoms with Gasteiger partial charge in [0.1, 0.15) is 18.8 Å². The van der Waals surface area contributed by atoms with Crippen molar-refractivity contribution in [1.82, 2.24) is 0 Å². The summed E-state index contributed by atoms with van der Waals surface area (Å²) < 4.78 is 36.7. The van der Waals surface area contributed by atoms with Gasteiger partial charge in [-0.2, -0.15) is 0 Å². The molecule has 0 spiro atoms. The second kappa shape index (κ2) is 14.0. The molecule has 0 radical (unpaired) electrons. The van der Waals surface area contributed by atoms with Crippen LogP contribution in [0.25, 0.3) is 10.4 Å². The minimum Gasteiger partial charge on any atom is -0.467 e. The summed E-state index contributed by atoms with van der Waals surface area (Å²) in [6.45, 7) is 7.17. The van der Waals surface area contributed by atoms with E-state index in [9.17, 15) is 19.9 Å². The molecule has 0 aromatic heterocycles. The predicted octanol–water partition coefficient (Wildman–Crippen LogP) is 3.44. The van der Waals surface area contributed by atoms with Crippen molar-refractivity contribution in [3.63, 3.8) is 0 Å². The Morgan fingerprint density at radius 1 is 0.974 bits per heavy atom. The van der Waals surface area contributed by atoms with Crippen molar-refractivity contribution in [1.29, 1.82) is 5.41 Å². The van der Waals surface area contributed by atoms with E-state index in [1.807, 2.05) is 0 Å². The van der Waals surface area contributed by atoms with Crippen molar-refractivity contribution in [3.8, 4) is 0 Å². The number of carbonyl (C=O) groups excluding carboxylic acids is 3. The number of esters is 3. The van der Waals surface area contributed by atoms with Gasteiger partial charge in [0.2, 0.25) is 12.2 Å². The Kier molecular flexibility index (Phi) is 11.9. The Morgan fingerprint density at radius 2 is 1.62 bits per heavy atom. The molecule has 2 saturated heterocycles. The number of methoxy groups -OCH3 is 1. The minimum atomic E-state index is -2.24. The summed E-state index contributed by atoms with van der Waals surface area (Å²) in [4.78, 5) is 38.8. The fourth-order valence-electron chi connectivity index (χ4n) is 4.33. The molecule has 14 nitrogen and oxygen atoms in total. The lowest BCUT2D eigenvalue weighted by molar-refractivity contribution is -0.321. The zero-order chi connectivity index (χ0) is 29.7. The van der Waals surface area contributed by atoms with Gasteiger partial charge in [-0.15, -0.1) is 0 Å². The first-order chi connectivity index (χ1) is 18.1. The van der Waals surface area contributed by atoms with E-state index in [2.05, 4.69) is 10.0 Å². The van der Waals surface area contributed by atoms with Crippen LogP contribution in [0.3, 0.4) is 0 Å². The van der Waals surface area contributed by atoms with Gasteiger partial charge in [-0.1, -0.05) is 60.7 Å². The summed E-state index contributed by atoms with van der Waals surface area (Å²) in [5.41, 5.74) is 9.20. The summed E-state index contributed by atoms with van der Waals surface area (Å²) in [6.07, 6.45) is -6.87. The average Bonchev–Trinajstić information content (AvgIpc) is 2.84. The largest absolute Gasteiger partial charge is 0.467 e. The second-order valence-corrected chi connectivity index (χ2v) is 11.5. The molecule has 2 aliphatic rings. The fourth-order valence-corrected chi connectivity index (χ4v) is 4.46. The van der Waals surface area contributed by atoms with E-state index >= 15 is 0 Å². The number of rotatable bonds is 8. The number of halogens is 3. The van der Waals surface area contributed by atoms with Gasteiger partial charge in [0.25, 0.3) is 3.79 Å². The van der Waals surface area contributed by atoms with Crippen LogP contribution < -0.4 is 0 Å². The predicted molar refractivity (Wildman–Crippen MR) is 136 cm³/mol. The maximum atomic E-state index is 12.4. The molecule has 39 heavy (non-hydrogen) atoms. The Labute approximate surface area is 239 Å². The van der Waals surface area contributed by atoms with Crippen molar-refractivity contribution < 1.29 is 47.5 Å². The van der Waals surface area contributed by atoms with Crippen LogP contribution in [0.4, 0.5) is 0 Å². The van der Waals surface area contributed by atoms with E-state index in [0.29, 0.717) is 0 Å². The van der Waals surface area contributed by atoms with E-state index in [-0.39, 0.29) is 6.61 Å². The van der Waals surface area contributed by atoms with Crippen LogP contribution in [-0.4, -0.2) is 84.4 Å². The van der Waals surface area contributed by atoms with Crippen molar-refractivity contribution >= 4 is 58.6 Å². The SMILES string of the molecule is COC(=O)C1O[C@@H](O[C@@H]2C(COC(C)=O)OC(OC(=N)C(Cl)(Cl)Cl)C(N=[N+]=[N-])[C@H]2C)C(OC(C)=O)[C@@H](C)[C@@H]1C. The minimum absolute atomic E-state index is 0.356. The lowest BCUT2D eigenvalue weighted by atomic mass is 9.83. The number of hydrogen-bond acceptors (Lipinski definition) is 12. The molecule has 2 fully saturated rings. The third-order valence-corrected chi connectivity index (χ3v) is 7.05. The first kappa shape index (κ1) is 33.1. The monoisotopic (exact) mass is 616 g/mol. The van der Waals surface area contributed by atoms with Gasteiger partial charge in [-0.05, 0) is 17.4 Å². The molecule has 0 aromatic carbocycles. The zero-order valence-electron chi connectivity index (χ0n) is 22.0. The molecule has 220 valence electrons. The lowest BCUT2D eigenvalue weighted by Gasteiger charge is -2.48. The van der Waals surface area contributed by atoms with E-state index in [0.717, 1.165) is 0 Å². The summed E-state index contributed by atoms with van der Waals surface area (Å²) >= 11 is 17.2. The van der Waals surface area contributed by atoms with Crippen LogP contribution in [0.15, 0.2) is 5.11 Å². The topological polar surface area (TPSA) is 188 Å². The van der Waals surface area contributed by atoms with Crippen LogP contribution in [0.2, 0.25) is 0 Å². The summed E-state index contributed by atoms with van der Waals surface area (Å²) in [6, 6.07) is -1.13. The quantitative estimate of drug-likeness (QED) is 0.0617. The number of nitrogens with zero attached hydrogens (tertiary/aromatic N) is 3. The molecule has 2 aliphatic heterocycles. The number of ether oxygens (including phenoxy) is 7. The molecule has 2 heterocycles. The third-order valence-electron chi connectivity index (χ3n) is 6.54. The molecule has 0 bridgehead atoms. The Morgan fingerprint density at radius 3 is 2.13 bits per heavy atom. The molecule has 0 aliphatic carbocycles. The summed E-state index contributed by atoms with van der Waals surface area (Å²) in [5.74, 6) is -4.29. The van der Waals surface area contributed by atoms with Gasteiger partial charge >= 0.3 is 17.9 Å². The van der Waals surface area contributed by atoms with Gasteiger partial charge in [0, 0.05) is 24.7 Å². The number of carbonyl (C=O) groups is 3. The van der Waals surface area contributed by atoms with Crippen LogP contribution in [0.5, 0.6) is 0 Å². The molecular weight excluding hydrogens is 587 g/mol. The summed E-state index contributed by atoms with van der Waals surface area (Å²) in [7, 11) is 1.21. The Balaban J connectivity index is 2.46. The van der Waals surface area contributed by atoms with Crippen LogP contribution in [0.1, 0.15) is 34.6 Å². The standard InChI is InChI=1S/C22H31Cl3N4O10/c1-8-9(2)17(35-12(5)31)20(38-16(8)18(32)33-6)37-15-10(3)14(28-29-27)19(39-21(26)22(23,24)25)36-13(15)7-34-11(4)30/h8-10,13-17,19-20,26H,7H2,1-6H3/t8-,9-,10+,13?,14?,15-,16?,17?,19?,20+/m0/s1. The number of alkyl halides is 3.